The lowest BCUT2D eigenvalue weighted by Crippen LogP contribution is -2.26. The number of carbonyl (C=O) groups excluding carboxylic acids is 4. The van der Waals surface area contributed by atoms with E-state index < -0.39 is 18.5 Å². The molecule has 0 radical (unpaired) electrons. The second-order valence-electron chi connectivity index (χ2n) is 6.91. The maximum absolute atomic E-state index is 13.0. The summed E-state index contributed by atoms with van der Waals surface area (Å²) in [4.78, 5) is 50.2. The molecule has 2 N–H and O–H groups in total. The van der Waals surface area contributed by atoms with E-state index in [2.05, 4.69) is 5.32 Å². The SMILES string of the molecule is O=C(COC(=O)c1ccc(CO)cc1)Nc1cccc2c1C(=O)c1ccccc1C2=O. The van der Waals surface area contributed by atoms with E-state index in [4.69, 9.17) is 9.84 Å². The molecule has 0 atom stereocenters. The van der Waals surface area contributed by atoms with Crippen molar-refractivity contribution in [3.63, 3.8) is 0 Å². The summed E-state index contributed by atoms with van der Waals surface area (Å²) in [5.74, 6) is -2.00. The molecule has 154 valence electrons. The summed E-state index contributed by atoms with van der Waals surface area (Å²) in [6.07, 6.45) is 0. The Morgan fingerprint density at radius 2 is 1.45 bits per heavy atom. The summed E-state index contributed by atoms with van der Waals surface area (Å²) in [6.45, 7) is -0.714. The molecule has 1 amide bonds. The van der Waals surface area contributed by atoms with E-state index in [1.807, 2.05) is 0 Å². The number of fused-ring (bicyclic) bond motifs is 2. The molecule has 0 heterocycles. The molecule has 0 aromatic heterocycles. The van der Waals surface area contributed by atoms with Crippen molar-refractivity contribution in [3.05, 3.63) is 100 Å². The van der Waals surface area contributed by atoms with Gasteiger partial charge < -0.3 is 15.2 Å². The van der Waals surface area contributed by atoms with Crippen molar-refractivity contribution in [2.75, 3.05) is 11.9 Å². The van der Waals surface area contributed by atoms with Crippen molar-refractivity contribution in [3.8, 4) is 0 Å². The maximum atomic E-state index is 13.0. The van der Waals surface area contributed by atoms with Crippen LogP contribution >= 0.6 is 0 Å². The van der Waals surface area contributed by atoms with Crippen molar-refractivity contribution in [1.29, 1.82) is 0 Å². The number of ketones is 2. The van der Waals surface area contributed by atoms with Gasteiger partial charge in [-0.1, -0.05) is 48.5 Å². The van der Waals surface area contributed by atoms with Crippen LogP contribution in [0.25, 0.3) is 0 Å². The molecule has 0 aliphatic heterocycles. The Bertz CT molecular complexity index is 1210. The number of benzene rings is 3. The number of aliphatic hydroxyl groups is 1. The molecular weight excluding hydrogens is 398 g/mol. The third kappa shape index (κ3) is 3.86. The Hall–Kier alpha value is -4.10. The minimum atomic E-state index is -0.699. The van der Waals surface area contributed by atoms with Crippen LogP contribution in [0.1, 0.15) is 47.8 Å². The predicted octanol–water partition coefficient (Wildman–Crippen LogP) is 2.75. The van der Waals surface area contributed by atoms with Gasteiger partial charge in [0.05, 0.1) is 23.4 Å². The number of nitrogens with one attached hydrogen (secondary N) is 1. The molecule has 0 unspecified atom stereocenters. The molecule has 31 heavy (non-hydrogen) atoms. The predicted molar refractivity (Wildman–Crippen MR) is 111 cm³/mol. The topological polar surface area (TPSA) is 110 Å². The fraction of sp³-hybridized carbons (Fsp3) is 0.0833. The van der Waals surface area contributed by atoms with Gasteiger partial charge in [0.1, 0.15) is 0 Å². The quantitative estimate of drug-likeness (QED) is 0.485. The van der Waals surface area contributed by atoms with Gasteiger partial charge in [-0.05, 0) is 23.8 Å². The molecule has 4 rings (SSSR count). The van der Waals surface area contributed by atoms with E-state index >= 15 is 0 Å². The summed E-state index contributed by atoms with van der Waals surface area (Å²) in [7, 11) is 0. The number of rotatable bonds is 5. The van der Waals surface area contributed by atoms with E-state index in [9.17, 15) is 19.2 Å². The molecule has 7 nitrogen and oxygen atoms in total. The number of anilines is 1. The van der Waals surface area contributed by atoms with Gasteiger partial charge in [0.25, 0.3) is 5.91 Å². The summed E-state index contributed by atoms with van der Waals surface area (Å²) >= 11 is 0. The van der Waals surface area contributed by atoms with Gasteiger partial charge in [-0.25, -0.2) is 4.79 Å². The highest BCUT2D eigenvalue weighted by Gasteiger charge is 2.31. The monoisotopic (exact) mass is 415 g/mol. The molecule has 1 aliphatic rings. The van der Waals surface area contributed by atoms with Crippen LogP contribution in [0.5, 0.6) is 0 Å². The second kappa shape index (κ2) is 8.33. The maximum Gasteiger partial charge on any atom is 0.338 e. The Morgan fingerprint density at radius 1 is 0.806 bits per heavy atom. The number of hydrogen-bond donors (Lipinski definition) is 2. The van der Waals surface area contributed by atoms with Crippen LogP contribution in [-0.2, 0) is 16.1 Å². The number of esters is 1. The lowest BCUT2D eigenvalue weighted by Gasteiger charge is -2.20. The average molecular weight is 415 g/mol. The second-order valence-corrected chi connectivity index (χ2v) is 6.91. The molecule has 0 saturated carbocycles. The van der Waals surface area contributed by atoms with Crippen LogP contribution in [-0.4, -0.2) is 35.2 Å². The fourth-order valence-electron chi connectivity index (χ4n) is 3.40. The largest absolute Gasteiger partial charge is 0.452 e. The van der Waals surface area contributed by atoms with E-state index in [1.165, 1.54) is 24.3 Å². The summed E-state index contributed by atoms with van der Waals surface area (Å²) in [6, 6.07) is 17.3. The van der Waals surface area contributed by atoms with Gasteiger partial charge in [-0.2, -0.15) is 0 Å². The highest BCUT2D eigenvalue weighted by atomic mass is 16.5. The molecule has 3 aromatic carbocycles. The number of aliphatic hydroxyl groups excluding tert-OH is 1. The molecule has 0 spiro atoms. The fourth-order valence-corrected chi connectivity index (χ4v) is 3.40. The number of amides is 1. The van der Waals surface area contributed by atoms with Crippen LogP contribution in [0.4, 0.5) is 5.69 Å². The first kappa shape index (κ1) is 20.2. The van der Waals surface area contributed by atoms with Gasteiger partial charge in [0, 0.05) is 16.7 Å². The van der Waals surface area contributed by atoms with Gasteiger partial charge in [0.15, 0.2) is 18.2 Å². The molecule has 0 saturated heterocycles. The third-order valence-electron chi connectivity index (χ3n) is 4.93. The highest BCUT2D eigenvalue weighted by molar-refractivity contribution is 6.30. The van der Waals surface area contributed by atoms with E-state index in [0.717, 1.165) is 0 Å². The Kier molecular flexibility index (Phi) is 5.43. The number of hydrogen-bond acceptors (Lipinski definition) is 6. The van der Waals surface area contributed by atoms with Gasteiger partial charge in [-0.15, -0.1) is 0 Å². The molecule has 3 aromatic rings. The van der Waals surface area contributed by atoms with Crippen LogP contribution in [0, 0.1) is 0 Å². The average Bonchev–Trinajstić information content (AvgIpc) is 2.81. The highest BCUT2D eigenvalue weighted by Crippen LogP contribution is 2.31. The van der Waals surface area contributed by atoms with Crippen molar-refractivity contribution in [2.24, 2.45) is 0 Å². The lowest BCUT2D eigenvalue weighted by atomic mass is 9.83. The van der Waals surface area contributed by atoms with Crippen molar-refractivity contribution >= 4 is 29.1 Å². The standard InChI is InChI=1S/C24H17NO6/c26-12-14-8-10-15(11-9-14)24(30)31-13-20(27)25-19-7-3-6-18-21(19)23(29)17-5-2-1-4-16(17)22(18)28/h1-11,26H,12-13H2,(H,25,27). The Labute approximate surface area is 177 Å². The Morgan fingerprint density at radius 3 is 2.13 bits per heavy atom. The first-order valence-corrected chi connectivity index (χ1v) is 9.48. The smallest absolute Gasteiger partial charge is 0.338 e. The van der Waals surface area contributed by atoms with Crippen LogP contribution in [0.3, 0.4) is 0 Å². The third-order valence-corrected chi connectivity index (χ3v) is 4.93. The summed E-state index contributed by atoms with van der Waals surface area (Å²) in [5.41, 5.74) is 1.99. The van der Waals surface area contributed by atoms with E-state index in [1.54, 1.807) is 42.5 Å². The van der Waals surface area contributed by atoms with E-state index in [-0.39, 0.29) is 46.1 Å². The molecule has 7 heteroatoms. The zero-order valence-corrected chi connectivity index (χ0v) is 16.3. The van der Waals surface area contributed by atoms with Crippen molar-refractivity contribution in [2.45, 2.75) is 6.61 Å². The number of carbonyl (C=O) groups is 4. The first-order chi connectivity index (χ1) is 15.0. The van der Waals surface area contributed by atoms with Crippen molar-refractivity contribution in [1.82, 2.24) is 0 Å². The van der Waals surface area contributed by atoms with Gasteiger partial charge in [0.2, 0.25) is 0 Å². The van der Waals surface area contributed by atoms with Gasteiger partial charge in [-0.3, -0.25) is 14.4 Å². The lowest BCUT2D eigenvalue weighted by molar-refractivity contribution is -0.119. The molecular formula is C24H17NO6. The van der Waals surface area contributed by atoms with Crippen molar-refractivity contribution < 1.29 is 29.0 Å². The number of ether oxygens (including phenoxy) is 1. The summed E-state index contributed by atoms with van der Waals surface area (Å²) in [5, 5.41) is 11.6. The molecule has 0 fully saturated rings. The zero-order chi connectivity index (χ0) is 22.0. The normalized spacial score (nSPS) is 12.0. The first-order valence-electron chi connectivity index (χ1n) is 9.48. The Balaban J connectivity index is 1.49. The molecule has 0 bridgehead atoms. The summed E-state index contributed by atoms with van der Waals surface area (Å²) < 4.78 is 5.02. The van der Waals surface area contributed by atoms with Crippen LogP contribution < -0.4 is 5.32 Å². The molecule has 1 aliphatic carbocycles. The minimum Gasteiger partial charge on any atom is -0.452 e. The van der Waals surface area contributed by atoms with Crippen LogP contribution in [0.2, 0.25) is 0 Å². The van der Waals surface area contributed by atoms with Gasteiger partial charge >= 0.3 is 5.97 Å². The van der Waals surface area contributed by atoms with Crippen LogP contribution in [0.15, 0.2) is 66.7 Å². The zero-order valence-electron chi connectivity index (χ0n) is 16.3. The minimum absolute atomic E-state index is 0.116. The van der Waals surface area contributed by atoms with E-state index in [0.29, 0.717) is 11.1 Å².